The molecule has 0 aromatic carbocycles. The van der Waals surface area contributed by atoms with Crippen molar-refractivity contribution in [1.29, 1.82) is 0 Å². The maximum atomic E-state index is 14.7. The van der Waals surface area contributed by atoms with Gasteiger partial charge in [0, 0.05) is 36.5 Å². The van der Waals surface area contributed by atoms with Crippen LogP contribution in [0.4, 0.5) is 14.5 Å². The van der Waals surface area contributed by atoms with Gasteiger partial charge in [-0.1, -0.05) is 0 Å². The average molecular weight is 819 g/mol. The number of amides is 1. The highest BCUT2D eigenvalue weighted by atomic mass is 32.1. The van der Waals surface area contributed by atoms with Crippen LogP contribution in [-0.4, -0.2) is 128 Å². The smallest absolute Gasteiger partial charge is 0.394 e. The molecular weight excluding hydrogens is 773 g/mol. The molecule has 0 saturated heterocycles. The molecule has 0 bridgehead atoms. The van der Waals surface area contributed by atoms with Gasteiger partial charge in [-0.05, 0) is 58.7 Å². The third-order valence-corrected chi connectivity index (χ3v) is 9.89. The quantitative estimate of drug-likeness (QED) is 0.0573. The minimum absolute atomic E-state index is 0.0111. The number of phosphoric acid groups is 1. The second-order valence-electron chi connectivity index (χ2n) is 12.5. The molecule has 1 aliphatic carbocycles. The van der Waals surface area contributed by atoms with Crippen LogP contribution in [0.15, 0.2) is 36.1 Å². The number of carbonyl (C=O) groups excluding carboxylic acids is 1. The molecule has 0 aliphatic heterocycles. The van der Waals surface area contributed by atoms with E-state index in [9.17, 15) is 23.2 Å². The molecule has 4 aromatic heterocycles. The van der Waals surface area contributed by atoms with Gasteiger partial charge in [0.15, 0.2) is 12.0 Å². The number of phosphoric ester groups is 1. The number of halogens is 2. The first-order valence-corrected chi connectivity index (χ1v) is 19.5. The second kappa shape index (κ2) is 20.0. The first kappa shape index (κ1) is 44.1. The fourth-order valence-electron chi connectivity index (χ4n) is 5.63. The van der Waals surface area contributed by atoms with Gasteiger partial charge in [0.2, 0.25) is 5.95 Å². The van der Waals surface area contributed by atoms with Crippen LogP contribution in [0.2, 0.25) is 0 Å². The molecule has 0 radical (unpaired) electrons. The van der Waals surface area contributed by atoms with Gasteiger partial charge in [-0.3, -0.25) is 14.0 Å². The number of carbonyl (C=O) groups is 1. The minimum Gasteiger partial charge on any atom is -0.394 e. The Bertz CT molecular complexity index is 1890. The summed E-state index contributed by atoms with van der Waals surface area (Å²) in [4.78, 5) is 39.3. The third-order valence-electron chi connectivity index (χ3n) is 8.42. The summed E-state index contributed by atoms with van der Waals surface area (Å²) in [7, 11) is -3.15. The van der Waals surface area contributed by atoms with Crippen molar-refractivity contribution in [1.82, 2.24) is 34.8 Å². The Hall–Kier alpha value is -3.64. The van der Waals surface area contributed by atoms with Gasteiger partial charge in [-0.2, -0.15) is 14.6 Å². The lowest BCUT2D eigenvalue weighted by atomic mass is 9.93. The summed E-state index contributed by atoms with van der Waals surface area (Å²) in [6, 6.07) is 1.83. The van der Waals surface area contributed by atoms with Gasteiger partial charge >= 0.3 is 7.82 Å². The fourth-order valence-corrected chi connectivity index (χ4v) is 6.90. The largest absolute Gasteiger partial charge is 0.471 e. The SMILES string of the molecule is CCOC1CCC(n2cc(NC(=O)c3csc(-c4cnn(C(C)OP(=O)(O)O)c4)n3)c(-c3nc(F)ccc3F)n2)CC1.CNC[C@H](O)[C@@H](O)[C@H](O)[C@H](O)CO. The number of nitrogens with one attached hydrogen (secondary N) is 2. The molecule has 1 saturated carbocycles. The summed E-state index contributed by atoms with van der Waals surface area (Å²) in [5, 5.41) is 60.7. The molecular formula is C32H45F2N8O11PS. The van der Waals surface area contributed by atoms with E-state index in [1.54, 1.807) is 17.9 Å². The molecule has 0 spiro atoms. The molecule has 19 nitrogen and oxygen atoms in total. The molecule has 304 valence electrons. The van der Waals surface area contributed by atoms with Crippen LogP contribution in [0.3, 0.4) is 0 Å². The van der Waals surface area contributed by atoms with E-state index < -0.39 is 62.7 Å². The van der Waals surface area contributed by atoms with Gasteiger partial charge < -0.3 is 50.7 Å². The number of hydrogen-bond acceptors (Lipinski definition) is 15. The van der Waals surface area contributed by atoms with E-state index in [1.165, 1.54) is 29.4 Å². The number of nitrogens with zero attached hydrogens (tertiary/aromatic N) is 6. The summed E-state index contributed by atoms with van der Waals surface area (Å²) in [6.07, 6.45) is 1.12. The number of anilines is 1. The Kier molecular flexibility index (Phi) is 16.0. The summed E-state index contributed by atoms with van der Waals surface area (Å²) in [6.45, 7) is 3.42. The predicted octanol–water partition coefficient (Wildman–Crippen LogP) is 1.59. The molecule has 4 heterocycles. The summed E-state index contributed by atoms with van der Waals surface area (Å²) in [5.74, 6) is -2.29. The summed E-state index contributed by atoms with van der Waals surface area (Å²) in [5.41, 5.74) is 0.344. The van der Waals surface area contributed by atoms with Crippen LogP contribution < -0.4 is 10.6 Å². The van der Waals surface area contributed by atoms with E-state index in [0.717, 1.165) is 49.2 Å². The third kappa shape index (κ3) is 12.2. The molecule has 5 atom stereocenters. The topological polar surface area (TPSA) is 280 Å². The zero-order chi connectivity index (χ0) is 40.4. The number of rotatable bonds is 16. The van der Waals surface area contributed by atoms with Crippen molar-refractivity contribution in [3.05, 3.63) is 53.6 Å². The van der Waals surface area contributed by atoms with E-state index in [0.29, 0.717) is 17.2 Å². The number of aliphatic hydroxyl groups excluding tert-OH is 5. The van der Waals surface area contributed by atoms with E-state index in [4.69, 9.17) is 34.9 Å². The monoisotopic (exact) mass is 818 g/mol. The fraction of sp³-hybridized carbons (Fsp3) is 0.531. The first-order valence-electron chi connectivity index (χ1n) is 17.1. The van der Waals surface area contributed by atoms with Gasteiger partial charge in [-0.25, -0.2) is 23.6 Å². The summed E-state index contributed by atoms with van der Waals surface area (Å²) >= 11 is 1.14. The van der Waals surface area contributed by atoms with Crippen molar-refractivity contribution >= 4 is 30.8 Å². The number of hydrogen-bond donors (Lipinski definition) is 9. The van der Waals surface area contributed by atoms with E-state index in [-0.39, 0.29) is 41.5 Å². The van der Waals surface area contributed by atoms with Crippen LogP contribution >= 0.6 is 19.2 Å². The Balaban J connectivity index is 0.000000444. The average Bonchev–Trinajstić information content (AvgIpc) is 3.92. The Morgan fingerprint density at radius 3 is 2.38 bits per heavy atom. The summed E-state index contributed by atoms with van der Waals surface area (Å²) < 4.78 is 53.1. The number of thiazole rings is 1. The number of pyridine rings is 1. The van der Waals surface area contributed by atoms with Crippen molar-refractivity contribution in [3.8, 4) is 22.0 Å². The normalized spacial score (nSPS) is 18.8. The highest BCUT2D eigenvalue weighted by Crippen LogP contribution is 2.40. The number of likely N-dealkylation sites (N-methyl/N-ethyl adjacent to an activating group) is 1. The molecule has 5 rings (SSSR count). The van der Waals surface area contributed by atoms with Gasteiger partial charge in [0.1, 0.15) is 40.4 Å². The van der Waals surface area contributed by atoms with Crippen LogP contribution in [0, 0.1) is 11.8 Å². The van der Waals surface area contributed by atoms with Crippen LogP contribution in [0.5, 0.6) is 0 Å². The lowest BCUT2D eigenvalue weighted by Gasteiger charge is -2.28. The van der Waals surface area contributed by atoms with E-state index >= 15 is 0 Å². The highest BCUT2D eigenvalue weighted by Gasteiger charge is 2.30. The van der Waals surface area contributed by atoms with Crippen LogP contribution in [0.25, 0.3) is 22.0 Å². The minimum atomic E-state index is -4.73. The molecule has 55 heavy (non-hydrogen) atoms. The van der Waals surface area contributed by atoms with Crippen molar-refractivity contribution in [2.45, 2.75) is 82.3 Å². The van der Waals surface area contributed by atoms with E-state index in [2.05, 4.69) is 35.3 Å². The lowest BCUT2D eigenvalue weighted by molar-refractivity contribution is -0.113. The van der Waals surface area contributed by atoms with E-state index in [1.807, 2.05) is 6.92 Å². The molecule has 4 aromatic rings. The molecule has 1 aliphatic rings. The Morgan fingerprint density at radius 2 is 1.75 bits per heavy atom. The molecule has 1 amide bonds. The second-order valence-corrected chi connectivity index (χ2v) is 14.5. The van der Waals surface area contributed by atoms with Gasteiger partial charge in [-0.15, -0.1) is 11.3 Å². The molecule has 9 N–H and O–H groups in total. The van der Waals surface area contributed by atoms with Crippen LogP contribution in [0.1, 0.15) is 62.3 Å². The lowest BCUT2D eigenvalue weighted by Crippen LogP contribution is -2.48. The van der Waals surface area contributed by atoms with Crippen molar-refractivity contribution < 1.29 is 62.7 Å². The highest BCUT2D eigenvalue weighted by molar-refractivity contribution is 7.46. The van der Waals surface area contributed by atoms with Crippen molar-refractivity contribution in [2.75, 3.05) is 32.1 Å². The Labute approximate surface area is 317 Å². The van der Waals surface area contributed by atoms with Crippen molar-refractivity contribution in [3.63, 3.8) is 0 Å². The number of aromatic nitrogens is 6. The maximum Gasteiger partial charge on any atom is 0.471 e. The van der Waals surface area contributed by atoms with Gasteiger partial charge in [0.25, 0.3) is 5.91 Å². The zero-order valence-corrected chi connectivity index (χ0v) is 31.7. The Morgan fingerprint density at radius 1 is 1.05 bits per heavy atom. The standard InChI is InChI=1S/C25H28F2N7O6PS.C7H17NO5/c1-3-39-17-6-4-16(5-7-17)34-12-19(23(32-34)22-18(26)8-9-21(27)31-22)29-24(35)20-13-42-25(30-20)15-10-28-33(11-15)14(2)40-41(36,37)38;1-8-2-4(10)6(12)7(13)5(11)3-9/h8-14,16-17H,3-7H2,1-2H3,(H,29,35)(H2,36,37,38);4-13H,2-3H2,1H3/t;4-,5+,6+,7+/m.0/s1. The molecule has 1 unspecified atom stereocenters. The zero-order valence-electron chi connectivity index (χ0n) is 30.0. The molecule has 1 fully saturated rings. The predicted molar refractivity (Wildman–Crippen MR) is 192 cm³/mol. The van der Waals surface area contributed by atoms with Crippen molar-refractivity contribution in [2.24, 2.45) is 0 Å². The maximum absolute atomic E-state index is 14.7. The first-order chi connectivity index (χ1) is 26.0. The number of ether oxygens (including phenoxy) is 1. The van der Waals surface area contributed by atoms with Gasteiger partial charge in [0.05, 0.1) is 36.7 Å². The number of aliphatic hydroxyl groups is 5. The molecule has 23 heteroatoms. The van der Waals surface area contributed by atoms with Crippen LogP contribution in [-0.2, 0) is 13.8 Å².